The molecule has 1 aromatic heterocycles. The van der Waals surface area contributed by atoms with Gasteiger partial charge in [0.05, 0.1) is 0 Å². The van der Waals surface area contributed by atoms with Crippen molar-refractivity contribution >= 4 is 44.9 Å². The fraction of sp³-hybridized carbons (Fsp3) is 0.208. The Hall–Kier alpha value is -2.96. The first-order valence-electron chi connectivity index (χ1n) is 10.3. The molecule has 0 radical (unpaired) electrons. The first-order chi connectivity index (χ1) is 15.2. The minimum atomic E-state index is 0.0890. The molecule has 5 nitrogen and oxygen atoms in total. The van der Waals surface area contributed by atoms with Crippen LogP contribution in [-0.2, 0) is 6.42 Å². The molecular weight excluding hydrogens is 428 g/mol. The van der Waals surface area contributed by atoms with Crippen LogP contribution in [0.3, 0.4) is 0 Å². The van der Waals surface area contributed by atoms with Crippen molar-refractivity contribution in [3.05, 3.63) is 88.7 Å². The maximum absolute atomic E-state index is 13.0. The first-order valence-corrected chi connectivity index (χ1v) is 11.4. The van der Waals surface area contributed by atoms with Crippen LogP contribution in [0, 0.1) is 0 Å². The molecule has 4 aromatic rings. The molecule has 31 heavy (non-hydrogen) atoms. The molecule has 0 unspecified atom stereocenters. The summed E-state index contributed by atoms with van der Waals surface area (Å²) in [6.45, 7) is 2.87. The molecule has 0 atom stereocenters. The largest absolute Gasteiger partial charge is 0.343 e. The molecular formula is C24H21ClN4OS. The summed E-state index contributed by atoms with van der Waals surface area (Å²) >= 11 is 7.38. The smallest absolute Gasteiger partial charge is 0.253 e. The number of nitrogens with zero attached hydrogens (tertiary/aromatic N) is 4. The Morgan fingerprint density at radius 1 is 0.935 bits per heavy atom. The van der Waals surface area contributed by atoms with Crippen molar-refractivity contribution in [2.24, 2.45) is 0 Å². The van der Waals surface area contributed by atoms with Gasteiger partial charge in [0.15, 0.2) is 0 Å². The van der Waals surface area contributed by atoms with Crippen molar-refractivity contribution in [1.29, 1.82) is 0 Å². The number of fused-ring (bicyclic) bond motifs is 1. The molecule has 156 valence electrons. The summed E-state index contributed by atoms with van der Waals surface area (Å²) in [7, 11) is 0. The number of hydrogen-bond acceptors (Lipinski definition) is 5. The van der Waals surface area contributed by atoms with Crippen LogP contribution in [0.25, 0.3) is 10.8 Å². The zero-order valence-corrected chi connectivity index (χ0v) is 18.4. The van der Waals surface area contributed by atoms with Crippen LogP contribution in [0.2, 0.25) is 5.02 Å². The predicted octanol–water partition coefficient (Wildman–Crippen LogP) is 4.90. The molecule has 0 spiro atoms. The fourth-order valence-electron chi connectivity index (χ4n) is 3.84. The Kier molecular flexibility index (Phi) is 5.57. The third-order valence-corrected chi connectivity index (χ3v) is 6.63. The number of carbonyl (C=O) groups excluding carboxylic acids is 1. The Bertz CT molecular complexity index is 1220. The van der Waals surface area contributed by atoms with E-state index in [4.69, 9.17) is 16.6 Å². The van der Waals surface area contributed by atoms with E-state index in [0.717, 1.165) is 51.0 Å². The molecule has 5 rings (SSSR count). The predicted molar refractivity (Wildman–Crippen MR) is 126 cm³/mol. The zero-order chi connectivity index (χ0) is 21.2. The summed E-state index contributed by atoms with van der Waals surface area (Å²) in [5.74, 6) is 0.906. The van der Waals surface area contributed by atoms with Gasteiger partial charge >= 0.3 is 0 Å². The van der Waals surface area contributed by atoms with Gasteiger partial charge in [-0.25, -0.2) is 4.98 Å². The molecule has 0 saturated carbocycles. The van der Waals surface area contributed by atoms with Crippen molar-refractivity contribution in [1.82, 2.24) is 14.3 Å². The number of amides is 1. The highest BCUT2D eigenvalue weighted by Crippen LogP contribution is 2.22. The molecule has 1 saturated heterocycles. The van der Waals surface area contributed by atoms with Gasteiger partial charge in [-0.15, -0.1) is 0 Å². The molecule has 0 bridgehead atoms. The van der Waals surface area contributed by atoms with Crippen LogP contribution in [0.4, 0.5) is 5.13 Å². The lowest BCUT2D eigenvalue weighted by molar-refractivity contribution is 0.0747. The normalized spacial score (nSPS) is 14.2. The van der Waals surface area contributed by atoms with Crippen LogP contribution in [-0.4, -0.2) is 46.3 Å². The number of aromatic nitrogens is 2. The molecule has 3 aromatic carbocycles. The van der Waals surface area contributed by atoms with E-state index in [9.17, 15) is 4.79 Å². The topological polar surface area (TPSA) is 49.3 Å². The molecule has 1 aliphatic rings. The van der Waals surface area contributed by atoms with E-state index >= 15 is 0 Å². The number of anilines is 1. The third-order valence-electron chi connectivity index (χ3n) is 5.57. The molecule has 0 N–H and O–H groups in total. The average molecular weight is 449 g/mol. The van der Waals surface area contributed by atoms with E-state index in [1.807, 2.05) is 65.6 Å². The minimum absolute atomic E-state index is 0.0890. The summed E-state index contributed by atoms with van der Waals surface area (Å²) in [4.78, 5) is 21.8. The molecule has 2 heterocycles. The van der Waals surface area contributed by atoms with Gasteiger partial charge in [0.2, 0.25) is 5.13 Å². The van der Waals surface area contributed by atoms with Crippen molar-refractivity contribution in [2.75, 3.05) is 31.1 Å². The highest BCUT2D eigenvalue weighted by molar-refractivity contribution is 7.09. The van der Waals surface area contributed by atoms with Crippen LogP contribution in [0.1, 0.15) is 21.7 Å². The van der Waals surface area contributed by atoms with Gasteiger partial charge in [0.25, 0.3) is 5.91 Å². The second kappa shape index (κ2) is 8.65. The average Bonchev–Trinajstić information content (AvgIpc) is 3.28. The van der Waals surface area contributed by atoms with Crippen LogP contribution >= 0.6 is 23.1 Å². The highest BCUT2D eigenvalue weighted by atomic mass is 35.5. The molecule has 1 aliphatic heterocycles. The van der Waals surface area contributed by atoms with E-state index in [1.165, 1.54) is 11.5 Å². The monoisotopic (exact) mass is 448 g/mol. The second-order valence-electron chi connectivity index (χ2n) is 7.64. The summed E-state index contributed by atoms with van der Waals surface area (Å²) in [5, 5.41) is 3.89. The second-order valence-corrected chi connectivity index (χ2v) is 8.80. The third kappa shape index (κ3) is 4.40. The van der Waals surface area contributed by atoms with E-state index in [1.54, 1.807) is 0 Å². The standard InChI is InChI=1S/C24H21ClN4OS/c25-21-9-5-17(6-10-21)15-22-26-24(31-27-22)29-13-11-28(12-14-29)23(30)20-8-7-18-3-1-2-4-19(18)16-20/h1-10,16H,11-15H2. The van der Waals surface area contributed by atoms with E-state index < -0.39 is 0 Å². The Labute approximate surface area is 190 Å². The van der Waals surface area contributed by atoms with E-state index in [0.29, 0.717) is 19.5 Å². The maximum atomic E-state index is 13.0. The fourth-order valence-corrected chi connectivity index (χ4v) is 4.70. The van der Waals surface area contributed by atoms with E-state index in [2.05, 4.69) is 15.3 Å². The summed E-state index contributed by atoms with van der Waals surface area (Å²) in [6, 6.07) is 21.8. The quantitative estimate of drug-likeness (QED) is 0.445. The van der Waals surface area contributed by atoms with Gasteiger partial charge in [0, 0.05) is 54.7 Å². The highest BCUT2D eigenvalue weighted by Gasteiger charge is 2.24. The van der Waals surface area contributed by atoms with Crippen LogP contribution < -0.4 is 4.90 Å². The molecule has 1 amide bonds. The number of halogens is 1. The van der Waals surface area contributed by atoms with Crippen molar-refractivity contribution in [2.45, 2.75) is 6.42 Å². The SMILES string of the molecule is O=C(c1ccc2ccccc2c1)N1CCN(c2nc(Cc3ccc(Cl)cc3)ns2)CC1. The lowest BCUT2D eigenvalue weighted by Crippen LogP contribution is -2.48. The van der Waals surface area contributed by atoms with Crippen LogP contribution in [0.5, 0.6) is 0 Å². The van der Waals surface area contributed by atoms with Crippen LogP contribution in [0.15, 0.2) is 66.7 Å². The first kappa shape index (κ1) is 20.0. The number of hydrogen-bond donors (Lipinski definition) is 0. The number of benzene rings is 3. The Balaban J connectivity index is 1.21. The maximum Gasteiger partial charge on any atom is 0.253 e. The number of piperazine rings is 1. The van der Waals surface area contributed by atoms with Gasteiger partial charge < -0.3 is 9.80 Å². The zero-order valence-electron chi connectivity index (χ0n) is 16.9. The number of carbonyl (C=O) groups is 1. The Morgan fingerprint density at radius 3 is 2.45 bits per heavy atom. The van der Waals surface area contributed by atoms with E-state index in [-0.39, 0.29) is 5.91 Å². The minimum Gasteiger partial charge on any atom is -0.343 e. The molecule has 0 aliphatic carbocycles. The van der Waals surface area contributed by atoms with Gasteiger partial charge in [0.1, 0.15) is 5.82 Å². The molecule has 7 heteroatoms. The number of rotatable bonds is 4. The van der Waals surface area contributed by atoms with Crippen molar-refractivity contribution < 1.29 is 4.79 Å². The van der Waals surface area contributed by atoms with Crippen molar-refractivity contribution in [3.8, 4) is 0 Å². The molecule has 1 fully saturated rings. The van der Waals surface area contributed by atoms with Gasteiger partial charge in [-0.05, 0) is 40.6 Å². The van der Waals surface area contributed by atoms with Gasteiger partial charge in [-0.2, -0.15) is 4.37 Å². The van der Waals surface area contributed by atoms with Crippen molar-refractivity contribution in [3.63, 3.8) is 0 Å². The lowest BCUT2D eigenvalue weighted by Gasteiger charge is -2.34. The summed E-state index contributed by atoms with van der Waals surface area (Å²) in [6.07, 6.45) is 0.689. The summed E-state index contributed by atoms with van der Waals surface area (Å²) < 4.78 is 4.52. The lowest BCUT2D eigenvalue weighted by atomic mass is 10.1. The Morgan fingerprint density at radius 2 is 1.68 bits per heavy atom. The summed E-state index contributed by atoms with van der Waals surface area (Å²) in [5.41, 5.74) is 1.88. The van der Waals surface area contributed by atoms with Gasteiger partial charge in [-0.1, -0.05) is 54.1 Å². The van der Waals surface area contributed by atoms with Gasteiger partial charge in [-0.3, -0.25) is 4.79 Å².